The van der Waals surface area contributed by atoms with Crippen LogP contribution in [0.25, 0.3) is 0 Å². The summed E-state index contributed by atoms with van der Waals surface area (Å²) in [6.45, 7) is 2.76. The molecule has 1 atom stereocenters. The minimum absolute atomic E-state index is 0.266. The fourth-order valence-corrected chi connectivity index (χ4v) is 1.57. The van der Waals surface area contributed by atoms with E-state index in [0.717, 1.165) is 12.2 Å². The molecule has 0 aliphatic carbocycles. The maximum Gasteiger partial charge on any atom is 0.119 e. The second-order valence-corrected chi connectivity index (χ2v) is 4.17. The molecule has 1 unspecified atom stereocenters. The Morgan fingerprint density at radius 1 is 1.18 bits per heavy atom. The predicted molar refractivity (Wildman–Crippen MR) is 68.4 cm³/mol. The van der Waals surface area contributed by atoms with Crippen molar-refractivity contribution < 1.29 is 14.6 Å². The predicted octanol–water partition coefficient (Wildman–Crippen LogP) is 2.42. The lowest BCUT2D eigenvalue weighted by Gasteiger charge is -2.11. The SMILES string of the molecule is CCCCc1ccc(OCC(O)COC)cc1. The number of aliphatic hydroxyl groups is 1. The molecule has 0 aliphatic heterocycles. The number of ether oxygens (including phenoxy) is 2. The third kappa shape index (κ3) is 5.71. The molecular formula is C14H22O3. The third-order valence-electron chi connectivity index (χ3n) is 2.54. The van der Waals surface area contributed by atoms with Gasteiger partial charge in [0.15, 0.2) is 0 Å². The number of methoxy groups -OCH3 is 1. The van der Waals surface area contributed by atoms with Crippen molar-refractivity contribution in [3.8, 4) is 5.75 Å². The zero-order valence-corrected chi connectivity index (χ0v) is 10.7. The van der Waals surface area contributed by atoms with E-state index in [9.17, 15) is 5.11 Å². The van der Waals surface area contributed by atoms with Gasteiger partial charge in [0.1, 0.15) is 18.5 Å². The number of hydrogen-bond acceptors (Lipinski definition) is 3. The van der Waals surface area contributed by atoms with Gasteiger partial charge in [-0.15, -0.1) is 0 Å². The van der Waals surface area contributed by atoms with Crippen molar-refractivity contribution in [2.45, 2.75) is 32.3 Å². The first-order valence-corrected chi connectivity index (χ1v) is 6.15. The molecule has 0 fully saturated rings. The largest absolute Gasteiger partial charge is 0.491 e. The zero-order valence-electron chi connectivity index (χ0n) is 10.7. The molecule has 1 N–H and O–H groups in total. The highest BCUT2D eigenvalue weighted by Gasteiger charge is 2.04. The lowest BCUT2D eigenvalue weighted by atomic mass is 10.1. The monoisotopic (exact) mass is 238 g/mol. The quantitative estimate of drug-likeness (QED) is 0.756. The van der Waals surface area contributed by atoms with Crippen LogP contribution in [-0.4, -0.2) is 31.5 Å². The molecule has 3 nitrogen and oxygen atoms in total. The van der Waals surface area contributed by atoms with Crippen molar-refractivity contribution in [3.63, 3.8) is 0 Å². The molecule has 1 aromatic rings. The van der Waals surface area contributed by atoms with E-state index in [1.807, 2.05) is 12.1 Å². The van der Waals surface area contributed by atoms with Crippen LogP contribution in [0.1, 0.15) is 25.3 Å². The molecular weight excluding hydrogens is 216 g/mol. The molecule has 0 saturated heterocycles. The molecule has 0 saturated carbocycles. The van der Waals surface area contributed by atoms with Crippen LogP contribution < -0.4 is 4.74 Å². The van der Waals surface area contributed by atoms with Crippen molar-refractivity contribution in [2.24, 2.45) is 0 Å². The third-order valence-corrected chi connectivity index (χ3v) is 2.54. The summed E-state index contributed by atoms with van der Waals surface area (Å²) in [5, 5.41) is 9.43. The van der Waals surface area contributed by atoms with Crippen molar-refractivity contribution >= 4 is 0 Å². The molecule has 17 heavy (non-hydrogen) atoms. The summed E-state index contributed by atoms with van der Waals surface area (Å²) >= 11 is 0. The lowest BCUT2D eigenvalue weighted by molar-refractivity contribution is 0.0325. The van der Waals surface area contributed by atoms with Gasteiger partial charge in [0.05, 0.1) is 6.61 Å². The van der Waals surface area contributed by atoms with Gasteiger partial charge in [-0.05, 0) is 30.5 Å². The average Bonchev–Trinajstić information content (AvgIpc) is 2.35. The Hall–Kier alpha value is -1.06. The Balaban J connectivity index is 2.34. The van der Waals surface area contributed by atoms with E-state index in [1.165, 1.54) is 18.4 Å². The van der Waals surface area contributed by atoms with Crippen LogP contribution in [0.3, 0.4) is 0 Å². The first-order chi connectivity index (χ1) is 8.26. The maximum absolute atomic E-state index is 9.43. The fourth-order valence-electron chi connectivity index (χ4n) is 1.57. The number of aryl methyl sites for hydroxylation is 1. The summed E-state index contributed by atoms with van der Waals surface area (Å²) in [5.74, 6) is 0.792. The van der Waals surface area contributed by atoms with Crippen LogP contribution in [0.2, 0.25) is 0 Å². The number of benzene rings is 1. The van der Waals surface area contributed by atoms with E-state index in [2.05, 4.69) is 19.1 Å². The van der Waals surface area contributed by atoms with Crippen molar-refractivity contribution in [1.82, 2.24) is 0 Å². The van der Waals surface area contributed by atoms with Gasteiger partial charge in [-0.1, -0.05) is 25.5 Å². The van der Waals surface area contributed by atoms with Gasteiger partial charge in [-0.25, -0.2) is 0 Å². The van der Waals surface area contributed by atoms with Crippen LogP contribution >= 0.6 is 0 Å². The molecule has 1 rings (SSSR count). The smallest absolute Gasteiger partial charge is 0.119 e. The van der Waals surface area contributed by atoms with Crippen molar-refractivity contribution in [3.05, 3.63) is 29.8 Å². The van der Waals surface area contributed by atoms with E-state index in [0.29, 0.717) is 6.61 Å². The van der Waals surface area contributed by atoms with Crippen LogP contribution in [0, 0.1) is 0 Å². The van der Waals surface area contributed by atoms with Crippen LogP contribution in [0.4, 0.5) is 0 Å². The van der Waals surface area contributed by atoms with Gasteiger partial charge in [0.25, 0.3) is 0 Å². The molecule has 1 aromatic carbocycles. The summed E-state index contributed by atoms with van der Waals surface area (Å²) < 4.78 is 10.3. The summed E-state index contributed by atoms with van der Waals surface area (Å²) in [5.41, 5.74) is 1.33. The van der Waals surface area contributed by atoms with Gasteiger partial charge >= 0.3 is 0 Å². The highest BCUT2D eigenvalue weighted by Crippen LogP contribution is 2.14. The topological polar surface area (TPSA) is 38.7 Å². The van der Waals surface area contributed by atoms with Crippen molar-refractivity contribution in [2.75, 3.05) is 20.3 Å². The zero-order chi connectivity index (χ0) is 12.5. The van der Waals surface area contributed by atoms with E-state index < -0.39 is 6.10 Å². The van der Waals surface area contributed by atoms with Gasteiger partial charge in [-0.2, -0.15) is 0 Å². The summed E-state index contributed by atoms with van der Waals surface area (Å²) in [6, 6.07) is 8.05. The second-order valence-electron chi connectivity index (χ2n) is 4.17. The Labute approximate surface area is 103 Å². The van der Waals surface area contributed by atoms with E-state index >= 15 is 0 Å². The minimum atomic E-state index is -0.570. The van der Waals surface area contributed by atoms with E-state index in [4.69, 9.17) is 9.47 Å². The van der Waals surface area contributed by atoms with Gasteiger partial charge in [-0.3, -0.25) is 0 Å². The highest BCUT2D eigenvalue weighted by atomic mass is 16.5. The van der Waals surface area contributed by atoms with Crippen LogP contribution in [-0.2, 0) is 11.2 Å². The molecule has 0 heterocycles. The first-order valence-electron chi connectivity index (χ1n) is 6.15. The fraction of sp³-hybridized carbons (Fsp3) is 0.571. The average molecular weight is 238 g/mol. The normalized spacial score (nSPS) is 12.4. The summed E-state index contributed by atoms with van der Waals surface area (Å²) in [7, 11) is 1.56. The van der Waals surface area contributed by atoms with Gasteiger partial charge in [0.2, 0.25) is 0 Å². The summed E-state index contributed by atoms with van der Waals surface area (Å²) in [6.07, 6.45) is 2.97. The number of unbranched alkanes of at least 4 members (excludes halogenated alkanes) is 1. The molecule has 0 radical (unpaired) electrons. The highest BCUT2D eigenvalue weighted by molar-refractivity contribution is 5.27. The molecule has 0 aromatic heterocycles. The van der Waals surface area contributed by atoms with Gasteiger partial charge < -0.3 is 14.6 Å². The van der Waals surface area contributed by atoms with E-state index in [-0.39, 0.29) is 6.61 Å². The number of hydrogen-bond donors (Lipinski definition) is 1. The van der Waals surface area contributed by atoms with Crippen LogP contribution in [0.15, 0.2) is 24.3 Å². The summed E-state index contributed by atoms with van der Waals surface area (Å²) in [4.78, 5) is 0. The molecule has 0 amide bonds. The van der Waals surface area contributed by atoms with Crippen molar-refractivity contribution in [1.29, 1.82) is 0 Å². The Kier molecular flexibility index (Phi) is 6.67. The lowest BCUT2D eigenvalue weighted by Crippen LogP contribution is -2.22. The standard InChI is InChI=1S/C14H22O3/c1-3-4-5-12-6-8-14(9-7-12)17-11-13(15)10-16-2/h6-9,13,15H,3-5,10-11H2,1-2H3. The Morgan fingerprint density at radius 3 is 2.47 bits per heavy atom. The Morgan fingerprint density at radius 2 is 1.88 bits per heavy atom. The molecule has 0 bridgehead atoms. The maximum atomic E-state index is 9.43. The number of rotatable bonds is 8. The number of aliphatic hydroxyl groups excluding tert-OH is 1. The molecule has 0 spiro atoms. The molecule has 96 valence electrons. The second kappa shape index (κ2) is 8.09. The Bertz CT molecular complexity index is 295. The minimum Gasteiger partial charge on any atom is -0.491 e. The van der Waals surface area contributed by atoms with E-state index in [1.54, 1.807) is 7.11 Å². The first kappa shape index (κ1) is 14.0. The molecule has 3 heteroatoms. The van der Waals surface area contributed by atoms with Gasteiger partial charge in [0, 0.05) is 7.11 Å². The van der Waals surface area contributed by atoms with Crippen LogP contribution in [0.5, 0.6) is 5.75 Å². The molecule has 0 aliphatic rings.